The number of ether oxygens (including phenoxy) is 1. The van der Waals surface area contributed by atoms with Gasteiger partial charge in [-0.1, -0.05) is 18.2 Å². The summed E-state index contributed by atoms with van der Waals surface area (Å²) in [6.07, 6.45) is -0.00187. The van der Waals surface area contributed by atoms with Crippen molar-refractivity contribution in [1.82, 2.24) is 0 Å². The molecule has 1 unspecified atom stereocenters. The Morgan fingerprint density at radius 1 is 1.10 bits per heavy atom. The van der Waals surface area contributed by atoms with Gasteiger partial charge in [-0.3, -0.25) is 14.6 Å². The number of nitrogens with zero attached hydrogens (tertiary/aromatic N) is 1. The van der Waals surface area contributed by atoms with Crippen LogP contribution >= 0.6 is 0 Å². The number of esters is 1. The summed E-state index contributed by atoms with van der Waals surface area (Å²) in [6, 6.07) is 5.20. The monoisotopic (exact) mass is 419 g/mol. The van der Waals surface area contributed by atoms with Crippen LogP contribution < -0.4 is 0 Å². The summed E-state index contributed by atoms with van der Waals surface area (Å²) in [5.74, 6) is -2.88. The van der Waals surface area contributed by atoms with Crippen LogP contribution in [0.3, 0.4) is 0 Å². The Morgan fingerprint density at radius 2 is 1.80 bits per heavy atom. The maximum Gasteiger partial charge on any atom is 0.416 e. The minimum absolute atomic E-state index is 0.0598. The third-order valence-corrected chi connectivity index (χ3v) is 6.27. The zero-order chi connectivity index (χ0) is 21.5. The summed E-state index contributed by atoms with van der Waals surface area (Å²) in [6.45, 7) is 1.65. The lowest BCUT2D eigenvalue weighted by Crippen LogP contribution is -2.39. The molecule has 0 aromatic heterocycles. The Morgan fingerprint density at radius 3 is 2.50 bits per heavy atom. The van der Waals surface area contributed by atoms with E-state index in [1.54, 1.807) is 6.92 Å². The summed E-state index contributed by atoms with van der Waals surface area (Å²) in [5, 5.41) is 0. The number of alkyl halides is 3. The summed E-state index contributed by atoms with van der Waals surface area (Å²) < 4.78 is 47.2. The van der Waals surface area contributed by atoms with Crippen LogP contribution in [0, 0.1) is 5.92 Å². The summed E-state index contributed by atoms with van der Waals surface area (Å²) in [5.41, 5.74) is 0.282. The van der Waals surface area contributed by atoms with E-state index in [4.69, 9.17) is 4.74 Å². The molecule has 4 rings (SSSR count). The second-order valence-corrected chi connectivity index (χ2v) is 8.27. The lowest BCUT2D eigenvalue weighted by atomic mass is 9.70. The van der Waals surface area contributed by atoms with Gasteiger partial charge in [0.1, 0.15) is 12.0 Å². The molecule has 3 aliphatic rings. The van der Waals surface area contributed by atoms with Crippen molar-refractivity contribution in [2.75, 3.05) is 0 Å². The quantitative estimate of drug-likeness (QED) is 0.619. The van der Waals surface area contributed by atoms with Crippen molar-refractivity contribution < 1.29 is 27.5 Å². The lowest BCUT2D eigenvalue weighted by Gasteiger charge is -2.36. The number of hydrogen-bond donors (Lipinski definition) is 0. The van der Waals surface area contributed by atoms with Crippen LogP contribution in [0.25, 0.3) is 0 Å². The fourth-order valence-electron chi connectivity index (χ4n) is 4.92. The molecule has 0 saturated heterocycles. The highest BCUT2D eigenvalue weighted by atomic mass is 19.4. The zero-order valence-corrected chi connectivity index (χ0v) is 16.8. The van der Waals surface area contributed by atoms with E-state index < -0.39 is 29.5 Å². The van der Waals surface area contributed by atoms with Crippen LogP contribution in [0.2, 0.25) is 0 Å². The van der Waals surface area contributed by atoms with Gasteiger partial charge in [0.25, 0.3) is 0 Å². The first kappa shape index (κ1) is 20.8. The van der Waals surface area contributed by atoms with Crippen LogP contribution in [0.4, 0.5) is 13.2 Å². The van der Waals surface area contributed by atoms with Crippen molar-refractivity contribution in [3.05, 3.63) is 46.7 Å². The number of carbonyl (C=O) groups is 2. The van der Waals surface area contributed by atoms with Gasteiger partial charge in [0.15, 0.2) is 5.78 Å². The fourth-order valence-corrected chi connectivity index (χ4v) is 4.92. The van der Waals surface area contributed by atoms with Crippen molar-refractivity contribution in [2.45, 2.75) is 70.1 Å². The molecule has 0 N–H and O–H groups in total. The molecule has 2 aliphatic carbocycles. The smallest absolute Gasteiger partial charge is 0.416 e. The predicted molar refractivity (Wildman–Crippen MR) is 105 cm³/mol. The number of carbonyl (C=O) groups excluding carboxylic acids is 2. The van der Waals surface area contributed by atoms with Gasteiger partial charge in [-0.15, -0.1) is 0 Å². The normalized spacial score (nSPS) is 25.2. The average molecular weight is 419 g/mol. The largest absolute Gasteiger partial charge is 0.462 e. The van der Waals surface area contributed by atoms with Gasteiger partial charge in [-0.25, -0.2) is 0 Å². The number of allylic oxidation sites excluding steroid dienone is 2. The predicted octanol–water partition coefficient (Wildman–Crippen LogP) is 5.37. The first-order valence-corrected chi connectivity index (χ1v) is 10.5. The molecule has 1 heterocycles. The van der Waals surface area contributed by atoms with E-state index in [0.717, 1.165) is 31.7 Å². The second-order valence-electron chi connectivity index (χ2n) is 8.27. The van der Waals surface area contributed by atoms with Gasteiger partial charge in [-0.05, 0) is 57.1 Å². The van der Waals surface area contributed by atoms with E-state index in [1.165, 1.54) is 18.2 Å². The Labute approximate surface area is 173 Å². The molecule has 0 amide bonds. The molecule has 1 fully saturated rings. The van der Waals surface area contributed by atoms with E-state index >= 15 is 0 Å². The molecule has 2 atom stereocenters. The summed E-state index contributed by atoms with van der Waals surface area (Å²) in [7, 11) is 0. The molecule has 4 nitrogen and oxygen atoms in total. The number of halogens is 3. The highest BCUT2D eigenvalue weighted by Crippen LogP contribution is 2.47. The number of hydrogen-bond acceptors (Lipinski definition) is 4. The van der Waals surface area contributed by atoms with E-state index in [0.29, 0.717) is 24.3 Å². The number of Topliss-reactive ketones (excluding diaryl/α,β-unsaturated/α-hetero) is 1. The number of aliphatic imine (C=N–C) groups is 1. The van der Waals surface area contributed by atoms with Gasteiger partial charge in [0, 0.05) is 29.3 Å². The SMILES string of the molecule is CC1=NC2=C(C(=O)CCC2)[C@@H](c2ccccc2C(F)(F)F)C1C(=O)OC1CCCC1. The average Bonchev–Trinajstić information content (AvgIpc) is 3.19. The van der Waals surface area contributed by atoms with Gasteiger partial charge < -0.3 is 4.74 Å². The van der Waals surface area contributed by atoms with Gasteiger partial charge in [0.05, 0.1) is 5.56 Å². The molecule has 7 heteroatoms. The fraction of sp³-hybridized carbons (Fsp3) is 0.522. The van der Waals surface area contributed by atoms with Crippen LogP contribution in [-0.2, 0) is 20.5 Å². The van der Waals surface area contributed by atoms with Gasteiger partial charge >= 0.3 is 12.1 Å². The topological polar surface area (TPSA) is 55.7 Å². The molecule has 160 valence electrons. The number of benzene rings is 1. The lowest BCUT2D eigenvalue weighted by molar-refractivity contribution is -0.152. The Kier molecular flexibility index (Phi) is 5.55. The van der Waals surface area contributed by atoms with Crippen LogP contribution in [0.1, 0.15) is 68.9 Å². The molecule has 1 aromatic carbocycles. The van der Waals surface area contributed by atoms with Crippen molar-refractivity contribution in [2.24, 2.45) is 10.9 Å². The molecule has 0 spiro atoms. The third kappa shape index (κ3) is 3.82. The zero-order valence-electron chi connectivity index (χ0n) is 16.8. The first-order chi connectivity index (χ1) is 14.3. The van der Waals surface area contributed by atoms with Crippen molar-refractivity contribution in [3.63, 3.8) is 0 Å². The Balaban J connectivity index is 1.83. The highest BCUT2D eigenvalue weighted by Gasteiger charge is 2.47. The van der Waals surface area contributed by atoms with E-state index in [-0.39, 0.29) is 29.4 Å². The highest BCUT2D eigenvalue weighted by molar-refractivity contribution is 6.09. The van der Waals surface area contributed by atoms with Crippen LogP contribution in [-0.4, -0.2) is 23.6 Å². The minimum atomic E-state index is -4.60. The molecule has 1 aliphatic heterocycles. The summed E-state index contributed by atoms with van der Waals surface area (Å²) in [4.78, 5) is 30.5. The number of rotatable bonds is 3. The van der Waals surface area contributed by atoms with Crippen molar-refractivity contribution in [1.29, 1.82) is 0 Å². The molecule has 0 radical (unpaired) electrons. The van der Waals surface area contributed by atoms with E-state index in [1.807, 2.05) is 0 Å². The second kappa shape index (κ2) is 8.00. The molecular formula is C23H24F3NO3. The van der Waals surface area contributed by atoms with Gasteiger partial charge in [0.2, 0.25) is 0 Å². The Hall–Kier alpha value is -2.44. The third-order valence-electron chi connectivity index (χ3n) is 6.27. The van der Waals surface area contributed by atoms with Gasteiger partial charge in [-0.2, -0.15) is 13.2 Å². The molecule has 1 saturated carbocycles. The standard InChI is InChI=1S/C23H24F3NO3/c1-13-19(22(29)30-14-7-2-3-8-14)20(21-17(27-13)11-6-12-18(21)28)15-9-4-5-10-16(15)23(24,25)26/h4-5,9-10,14,19-20H,2-3,6-8,11-12H2,1H3/t19?,20-/m0/s1. The molecular weight excluding hydrogens is 395 g/mol. The first-order valence-electron chi connectivity index (χ1n) is 10.5. The maximum absolute atomic E-state index is 13.8. The van der Waals surface area contributed by atoms with Crippen LogP contribution in [0.15, 0.2) is 40.5 Å². The van der Waals surface area contributed by atoms with Crippen molar-refractivity contribution >= 4 is 17.5 Å². The Bertz CT molecular complexity index is 926. The maximum atomic E-state index is 13.8. The summed E-state index contributed by atoms with van der Waals surface area (Å²) >= 11 is 0. The molecule has 30 heavy (non-hydrogen) atoms. The molecule has 1 aromatic rings. The van der Waals surface area contributed by atoms with Crippen molar-refractivity contribution in [3.8, 4) is 0 Å². The van der Waals surface area contributed by atoms with E-state index in [9.17, 15) is 22.8 Å². The van der Waals surface area contributed by atoms with Crippen LogP contribution in [0.5, 0.6) is 0 Å². The minimum Gasteiger partial charge on any atom is -0.462 e. The van der Waals surface area contributed by atoms with E-state index in [2.05, 4.69) is 4.99 Å². The number of ketones is 1. The molecule has 0 bridgehead atoms.